The highest BCUT2D eigenvalue weighted by Crippen LogP contribution is 2.19. The monoisotopic (exact) mass is 349 g/mol. The first kappa shape index (κ1) is 15.6. The summed E-state index contributed by atoms with van der Waals surface area (Å²) in [6, 6.07) is 5.74. The van der Waals surface area contributed by atoms with Gasteiger partial charge >= 0.3 is 0 Å². The molecule has 118 valence electrons. The summed E-state index contributed by atoms with van der Waals surface area (Å²) in [4.78, 5) is 21.4. The molecule has 0 atom stereocenters. The van der Waals surface area contributed by atoms with Gasteiger partial charge in [-0.05, 0) is 31.2 Å². The van der Waals surface area contributed by atoms with E-state index in [1.165, 1.54) is 34.8 Å². The van der Waals surface area contributed by atoms with Crippen LogP contribution in [0, 0.1) is 12.7 Å². The molecule has 5 nitrogen and oxygen atoms in total. The number of carbonyl (C=O) groups is 1. The maximum atomic E-state index is 12.8. The maximum absolute atomic E-state index is 12.8. The first-order chi connectivity index (χ1) is 11.1. The predicted molar refractivity (Wildman–Crippen MR) is 87.7 cm³/mol. The molecule has 0 radical (unpaired) electrons. The first-order valence-corrected chi connectivity index (χ1v) is 8.36. The van der Waals surface area contributed by atoms with E-state index < -0.39 is 0 Å². The van der Waals surface area contributed by atoms with Crippen LogP contribution in [0.3, 0.4) is 0 Å². The second-order valence-electron chi connectivity index (χ2n) is 4.60. The highest BCUT2D eigenvalue weighted by Gasteiger charge is 2.13. The highest BCUT2D eigenvalue weighted by molar-refractivity contribution is 7.15. The molecule has 3 rings (SSSR count). The minimum atomic E-state index is -0.317. The molecule has 0 aliphatic rings. The third kappa shape index (κ3) is 4.11. The Morgan fingerprint density at radius 2 is 2.13 bits per heavy atom. The van der Waals surface area contributed by atoms with Crippen LogP contribution in [0.25, 0.3) is 0 Å². The molecule has 0 aliphatic carbocycles. The van der Waals surface area contributed by atoms with Gasteiger partial charge < -0.3 is 4.74 Å². The Labute approximate surface area is 139 Å². The quantitative estimate of drug-likeness (QED) is 0.759. The minimum Gasteiger partial charge on any atom is -0.486 e. The molecule has 0 saturated carbocycles. The minimum absolute atomic E-state index is 0.222. The number of aryl methyl sites for hydroxylation is 1. The zero-order valence-corrected chi connectivity index (χ0v) is 13.7. The number of nitrogens with one attached hydrogen (secondary N) is 1. The van der Waals surface area contributed by atoms with Crippen molar-refractivity contribution in [2.75, 3.05) is 5.32 Å². The lowest BCUT2D eigenvalue weighted by Gasteiger charge is -2.03. The molecule has 0 unspecified atom stereocenters. The van der Waals surface area contributed by atoms with Crippen LogP contribution >= 0.6 is 22.7 Å². The third-order valence-corrected chi connectivity index (χ3v) is 4.45. The summed E-state index contributed by atoms with van der Waals surface area (Å²) in [6.07, 6.45) is 1.70. The topological polar surface area (TPSA) is 64.1 Å². The second-order valence-corrected chi connectivity index (χ2v) is 6.78. The van der Waals surface area contributed by atoms with E-state index in [-0.39, 0.29) is 18.3 Å². The number of hydrogen-bond acceptors (Lipinski definition) is 6. The lowest BCUT2D eigenvalue weighted by molar-refractivity contribution is 0.102. The van der Waals surface area contributed by atoms with E-state index in [1.54, 1.807) is 23.7 Å². The van der Waals surface area contributed by atoms with Gasteiger partial charge in [-0.25, -0.2) is 14.4 Å². The summed E-state index contributed by atoms with van der Waals surface area (Å²) in [5, 5.41) is 5.58. The molecule has 2 heterocycles. The summed E-state index contributed by atoms with van der Waals surface area (Å²) in [7, 11) is 0. The molecular formula is C15H12FN3O2S2. The van der Waals surface area contributed by atoms with Gasteiger partial charge in [0.05, 0.1) is 0 Å². The van der Waals surface area contributed by atoms with Crippen molar-refractivity contribution in [3.63, 3.8) is 0 Å². The molecule has 1 aromatic carbocycles. The highest BCUT2D eigenvalue weighted by atomic mass is 32.1. The second kappa shape index (κ2) is 6.84. The average molecular weight is 349 g/mol. The zero-order chi connectivity index (χ0) is 16.2. The van der Waals surface area contributed by atoms with Gasteiger partial charge in [0.2, 0.25) is 0 Å². The van der Waals surface area contributed by atoms with Crippen LogP contribution in [0.1, 0.15) is 20.4 Å². The SMILES string of the molecule is Cc1cnc(NC(=O)c2csc(COc3ccc(F)cc3)n2)s1. The third-order valence-electron chi connectivity index (χ3n) is 2.80. The Kier molecular flexibility index (Phi) is 4.63. The number of amides is 1. The number of carbonyl (C=O) groups excluding carboxylic acids is 1. The van der Waals surface area contributed by atoms with E-state index in [2.05, 4.69) is 15.3 Å². The Morgan fingerprint density at radius 3 is 2.83 bits per heavy atom. The van der Waals surface area contributed by atoms with E-state index in [0.29, 0.717) is 21.6 Å². The van der Waals surface area contributed by atoms with Crippen molar-refractivity contribution in [2.24, 2.45) is 0 Å². The van der Waals surface area contributed by atoms with E-state index in [9.17, 15) is 9.18 Å². The molecule has 23 heavy (non-hydrogen) atoms. The number of nitrogens with zero attached hydrogens (tertiary/aromatic N) is 2. The fourth-order valence-electron chi connectivity index (χ4n) is 1.73. The smallest absolute Gasteiger partial charge is 0.276 e. The lowest BCUT2D eigenvalue weighted by Crippen LogP contribution is -2.12. The summed E-state index contributed by atoms with van der Waals surface area (Å²) in [6.45, 7) is 2.14. The Balaban J connectivity index is 1.59. The molecule has 3 aromatic rings. The lowest BCUT2D eigenvalue weighted by atomic mass is 10.3. The molecule has 1 N–H and O–H groups in total. The van der Waals surface area contributed by atoms with Crippen LogP contribution in [0.4, 0.5) is 9.52 Å². The van der Waals surface area contributed by atoms with Gasteiger partial charge in [-0.1, -0.05) is 0 Å². The number of ether oxygens (including phenoxy) is 1. The molecule has 8 heteroatoms. The molecular weight excluding hydrogens is 337 g/mol. The van der Waals surface area contributed by atoms with Crippen molar-refractivity contribution in [3.05, 3.63) is 57.2 Å². The van der Waals surface area contributed by atoms with Gasteiger partial charge in [0, 0.05) is 16.5 Å². The largest absolute Gasteiger partial charge is 0.486 e. The van der Waals surface area contributed by atoms with Crippen LogP contribution in [0.15, 0.2) is 35.8 Å². The van der Waals surface area contributed by atoms with Crippen molar-refractivity contribution in [3.8, 4) is 5.75 Å². The Bertz CT molecular complexity index is 814. The van der Waals surface area contributed by atoms with Gasteiger partial charge in [0.15, 0.2) is 5.13 Å². The van der Waals surface area contributed by atoms with Crippen molar-refractivity contribution in [2.45, 2.75) is 13.5 Å². The zero-order valence-electron chi connectivity index (χ0n) is 12.1. The van der Waals surface area contributed by atoms with Gasteiger partial charge in [-0.2, -0.15) is 0 Å². The van der Waals surface area contributed by atoms with Crippen LogP contribution in [0.2, 0.25) is 0 Å². The maximum Gasteiger partial charge on any atom is 0.276 e. The molecule has 2 aromatic heterocycles. The number of thiazole rings is 2. The van der Waals surface area contributed by atoms with Crippen LogP contribution in [-0.4, -0.2) is 15.9 Å². The fourth-order valence-corrected chi connectivity index (χ4v) is 3.08. The molecule has 0 aliphatic heterocycles. The number of rotatable bonds is 5. The molecule has 0 bridgehead atoms. The van der Waals surface area contributed by atoms with Gasteiger partial charge in [0.25, 0.3) is 5.91 Å². The Morgan fingerprint density at radius 1 is 1.35 bits per heavy atom. The predicted octanol–water partition coefficient (Wildman–Crippen LogP) is 3.88. The van der Waals surface area contributed by atoms with Gasteiger partial charge in [0.1, 0.15) is 28.9 Å². The summed E-state index contributed by atoms with van der Waals surface area (Å²) in [5.74, 6) is -0.0718. The molecule has 0 saturated heterocycles. The van der Waals surface area contributed by atoms with Crippen LogP contribution in [0.5, 0.6) is 5.75 Å². The van der Waals surface area contributed by atoms with Gasteiger partial charge in [-0.3, -0.25) is 10.1 Å². The van der Waals surface area contributed by atoms with Crippen molar-refractivity contribution in [1.82, 2.24) is 9.97 Å². The summed E-state index contributed by atoms with van der Waals surface area (Å²) >= 11 is 2.73. The van der Waals surface area contributed by atoms with Crippen molar-refractivity contribution >= 4 is 33.7 Å². The summed E-state index contributed by atoms with van der Waals surface area (Å²) < 4.78 is 18.3. The number of anilines is 1. The normalized spacial score (nSPS) is 10.5. The van der Waals surface area contributed by atoms with Crippen LogP contribution in [-0.2, 0) is 6.61 Å². The van der Waals surface area contributed by atoms with E-state index >= 15 is 0 Å². The fraction of sp³-hybridized carbons (Fsp3) is 0.133. The number of halogens is 1. The standard InChI is InChI=1S/C15H12FN3O2S2/c1-9-6-17-15(23-9)19-14(20)12-8-22-13(18-12)7-21-11-4-2-10(16)3-5-11/h2-6,8H,7H2,1H3,(H,17,19,20). The molecule has 0 spiro atoms. The summed E-state index contributed by atoms with van der Waals surface area (Å²) in [5.41, 5.74) is 0.320. The average Bonchev–Trinajstić information content (AvgIpc) is 3.16. The van der Waals surface area contributed by atoms with Crippen molar-refractivity contribution in [1.29, 1.82) is 0 Å². The Hall–Kier alpha value is -2.32. The van der Waals surface area contributed by atoms with E-state index in [4.69, 9.17) is 4.74 Å². The first-order valence-electron chi connectivity index (χ1n) is 6.67. The number of benzene rings is 1. The van der Waals surface area contributed by atoms with Crippen molar-refractivity contribution < 1.29 is 13.9 Å². The molecule has 1 amide bonds. The van der Waals surface area contributed by atoms with Crippen LogP contribution < -0.4 is 10.1 Å². The molecule has 0 fully saturated rings. The number of hydrogen-bond donors (Lipinski definition) is 1. The van der Waals surface area contributed by atoms with Gasteiger partial charge in [-0.15, -0.1) is 22.7 Å². The van der Waals surface area contributed by atoms with E-state index in [1.807, 2.05) is 6.92 Å². The number of aromatic nitrogens is 2. The van der Waals surface area contributed by atoms with E-state index in [0.717, 1.165) is 4.88 Å².